The Hall–Kier alpha value is -2.50. The normalized spacial score (nSPS) is 11.6. The van der Waals surface area contributed by atoms with Crippen LogP contribution >= 0.6 is 0 Å². The van der Waals surface area contributed by atoms with Crippen molar-refractivity contribution >= 4 is 23.3 Å². The highest BCUT2D eigenvalue weighted by Gasteiger charge is 2.19. The number of carbonyl (C=O) groups excluding carboxylic acids is 2. The molecule has 0 aromatic heterocycles. The average molecular weight is 822 g/mol. The minimum absolute atomic E-state index is 0.0913. The number of ether oxygens (including phenoxy) is 4. The maximum absolute atomic E-state index is 12.7. The van der Waals surface area contributed by atoms with Crippen LogP contribution in [0.1, 0.15) is 194 Å². The Kier molecular flexibility index (Phi) is 35.7. The summed E-state index contributed by atoms with van der Waals surface area (Å²) in [5, 5.41) is 5.98. The second kappa shape index (κ2) is 38.7. The third-order valence-electron chi connectivity index (χ3n) is 10.8. The van der Waals surface area contributed by atoms with Gasteiger partial charge >= 0.3 is 11.9 Å². The Morgan fingerprint density at radius 2 is 0.948 bits per heavy atom. The summed E-state index contributed by atoms with van der Waals surface area (Å²) in [6.07, 6.45) is 28.5. The van der Waals surface area contributed by atoms with Crippen LogP contribution in [0.15, 0.2) is 9.59 Å². The van der Waals surface area contributed by atoms with Gasteiger partial charge in [-0.05, 0) is 58.0 Å². The lowest BCUT2D eigenvalue weighted by Crippen LogP contribution is -2.39. The first-order valence-corrected chi connectivity index (χ1v) is 23.9. The summed E-state index contributed by atoms with van der Waals surface area (Å²) in [6.45, 7) is 12.4. The van der Waals surface area contributed by atoms with Gasteiger partial charge in [0.05, 0.1) is 19.8 Å². The summed E-state index contributed by atoms with van der Waals surface area (Å²) >= 11 is 0. The minimum atomic E-state index is -0.467. The van der Waals surface area contributed by atoms with Crippen LogP contribution in [0.3, 0.4) is 0 Å². The van der Waals surface area contributed by atoms with Crippen molar-refractivity contribution in [3.63, 3.8) is 0 Å². The average Bonchev–Trinajstić information content (AvgIpc) is 3.22. The highest BCUT2D eigenvalue weighted by Crippen LogP contribution is 2.14. The van der Waals surface area contributed by atoms with E-state index in [-0.39, 0.29) is 18.0 Å². The topological polar surface area (TPSA) is 132 Å². The largest absolute Gasteiger partial charge is 0.466 e. The molecule has 0 aliphatic carbocycles. The molecular weight excluding hydrogens is 735 g/mol. The summed E-state index contributed by atoms with van der Waals surface area (Å²) in [6, 6.07) is 0. The van der Waals surface area contributed by atoms with Gasteiger partial charge in [0.25, 0.3) is 10.9 Å². The molecule has 0 saturated carbocycles. The van der Waals surface area contributed by atoms with Crippen molar-refractivity contribution in [2.45, 2.75) is 200 Å². The van der Waals surface area contributed by atoms with Crippen LogP contribution < -0.4 is 21.5 Å². The van der Waals surface area contributed by atoms with Gasteiger partial charge in [0.1, 0.15) is 17.5 Å². The van der Waals surface area contributed by atoms with E-state index >= 15 is 0 Å². The van der Waals surface area contributed by atoms with Crippen molar-refractivity contribution in [3.05, 3.63) is 20.4 Å². The van der Waals surface area contributed by atoms with E-state index in [1.165, 1.54) is 70.6 Å². The molecule has 0 aliphatic heterocycles. The predicted molar refractivity (Wildman–Crippen MR) is 240 cm³/mol. The Labute approximate surface area is 353 Å². The number of carbonyl (C=O) groups is 2. The number of nitrogens with one attached hydrogen (secondary N) is 2. The molecule has 11 heteroatoms. The Morgan fingerprint density at radius 1 is 0.517 bits per heavy atom. The van der Waals surface area contributed by atoms with Gasteiger partial charge in [0.15, 0.2) is 0 Å². The second-order valence-corrected chi connectivity index (χ2v) is 16.2. The molecule has 338 valence electrons. The first kappa shape index (κ1) is 53.5. The zero-order valence-corrected chi connectivity index (χ0v) is 37.7. The molecule has 1 aromatic rings. The molecule has 58 heavy (non-hydrogen) atoms. The van der Waals surface area contributed by atoms with Crippen molar-refractivity contribution in [2.24, 2.45) is 0 Å². The first-order valence-electron chi connectivity index (χ1n) is 23.9. The summed E-state index contributed by atoms with van der Waals surface area (Å²) in [5.41, 5.74) is -0.190. The monoisotopic (exact) mass is 822 g/mol. The van der Waals surface area contributed by atoms with E-state index in [9.17, 15) is 19.2 Å². The van der Waals surface area contributed by atoms with Crippen LogP contribution in [-0.4, -0.2) is 89.2 Å². The highest BCUT2D eigenvalue weighted by atomic mass is 16.6. The van der Waals surface area contributed by atoms with Crippen LogP contribution in [0, 0.1) is 0 Å². The van der Waals surface area contributed by atoms with Crippen LogP contribution in [0.2, 0.25) is 0 Å². The number of esters is 2. The molecule has 0 radical (unpaired) electrons. The Balaban J connectivity index is 2.36. The maximum Gasteiger partial charge on any atom is 0.306 e. The van der Waals surface area contributed by atoms with Crippen molar-refractivity contribution in [1.29, 1.82) is 0 Å². The number of rotatable bonds is 44. The van der Waals surface area contributed by atoms with Crippen molar-refractivity contribution in [1.82, 2.24) is 4.90 Å². The van der Waals surface area contributed by atoms with Crippen molar-refractivity contribution < 1.29 is 28.5 Å². The molecule has 0 unspecified atom stereocenters. The second-order valence-electron chi connectivity index (χ2n) is 16.2. The SMILES string of the molecule is CCCCCCCCCCCOC(=O)CCCCCN(CCCCCCCC(=O)OC(COCCCCCC)COCCCCCC)CCNc1c(NC)c(=O)c1=O. The summed E-state index contributed by atoms with van der Waals surface area (Å²) in [7, 11) is 1.65. The Bertz CT molecular complexity index is 1170. The third-order valence-corrected chi connectivity index (χ3v) is 10.8. The molecule has 0 bridgehead atoms. The van der Waals surface area contributed by atoms with E-state index in [0.29, 0.717) is 63.8 Å². The molecule has 0 spiro atoms. The quantitative estimate of drug-likeness (QED) is 0.0370. The van der Waals surface area contributed by atoms with E-state index in [1.54, 1.807) is 7.05 Å². The van der Waals surface area contributed by atoms with Gasteiger partial charge in [-0.25, -0.2) is 0 Å². The van der Waals surface area contributed by atoms with Crippen molar-refractivity contribution in [2.75, 3.05) is 76.9 Å². The van der Waals surface area contributed by atoms with Crippen LogP contribution in [-0.2, 0) is 28.5 Å². The lowest BCUT2D eigenvalue weighted by Gasteiger charge is -2.23. The number of unbranched alkanes of at least 4 members (excludes halogenated alkanes) is 20. The fourth-order valence-electron chi connectivity index (χ4n) is 7.11. The highest BCUT2D eigenvalue weighted by molar-refractivity contribution is 5.73. The standard InChI is InChI=1S/C47H87N3O8/c1-5-8-11-14-15-16-17-21-29-38-57-42(51)30-24-22-26-34-50(35-32-49-45-44(48-4)46(53)47(45)54)33-25-20-18-19-23-31-43(52)58-41(39-55-36-27-12-9-6-2)40-56-37-28-13-10-7-3/h41,48-49H,5-40H2,1-4H3. The fourth-order valence-corrected chi connectivity index (χ4v) is 7.11. The lowest BCUT2D eigenvalue weighted by atomic mass is 10.1. The summed E-state index contributed by atoms with van der Waals surface area (Å²) in [4.78, 5) is 51.2. The van der Waals surface area contributed by atoms with Gasteiger partial charge in [-0.1, -0.05) is 136 Å². The van der Waals surface area contributed by atoms with Crippen molar-refractivity contribution in [3.8, 4) is 0 Å². The third kappa shape index (κ3) is 28.8. The molecule has 11 nitrogen and oxygen atoms in total. The van der Waals surface area contributed by atoms with Gasteiger partial charge in [-0.3, -0.25) is 19.2 Å². The fraction of sp³-hybridized carbons (Fsp3) is 0.872. The zero-order chi connectivity index (χ0) is 42.3. The van der Waals surface area contributed by atoms with Crippen LogP contribution in [0.5, 0.6) is 0 Å². The molecule has 0 atom stereocenters. The van der Waals surface area contributed by atoms with E-state index in [0.717, 1.165) is 110 Å². The molecular formula is C47H87N3O8. The van der Waals surface area contributed by atoms with Gasteiger partial charge in [-0.2, -0.15) is 0 Å². The summed E-state index contributed by atoms with van der Waals surface area (Å²) < 4.78 is 23.0. The minimum Gasteiger partial charge on any atom is -0.466 e. The molecule has 0 heterocycles. The molecule has 0 aliphatic rings. The number of hydrogen-bond donors (Lipinski definition) is 2. The number of anilines is 2. The Morgan fingerprint density at radius 3 is 1.50 bits per heavy atom. The molecule has 0 amide bonds. The lowest BCUT2D eigenvalue weighted by molar-refractivity contribution is -0.156. The zero-order valence-electron chi connectivity index (χ0n) is 37.7. The van der Waals surface area contributed by atoms with Gasteiger partial charge in [0.2, 0.25) is 0 Å². The summed E-state index contributed by atoms with van der Waals surface area (Å²) in [5.74, 6) is -0.269. The van der Waals surface area contributed by atoms with Crippen LogP contribution in [0.4, 0.5) is 11.4 Å². The van der Waals surface area contributed by atoms with Gasteiger partial charge in [0, 0.05) is 46.2 Å². The van der Waals surface area contributed by atoms with E-state index < -0.39 is 10.9 Å². The molecule has 1 rings (SSSR count). The maximum atomic E-state index is 12.7. The molecule has 2 N–H and O–H groups in total. The molecule has 1 aromatic carbocycles. The predicted octanol–water partition coefficient (Wildman–Crippen LogP) is 10.1. The molecule has 0 fully saturated rings. The van der Waals surface area contributed by atoms with Gasteiger partial charge in [-0.15, -0.1) is 0 Å². The molecule has 0 saturated heterocycles. The van der Waals surface area contributed by atoms with Gasteiger partial charge < -0.3 is 34.5 Å². The van der Waals surface area contributed by atoms with E-state index in [4.69, 9.17) is 18.9 Å². The smallest absolute Gasteiger partial charge is 0.306 e. The number of nitrogens with zero attached hydrogens (tertiary/aromatic N) is 1. The van der Waals surface area contributed by atoms with Crippen LogP contribution in [0.25, 0.3) is 0 Å². The first-order chi connectivity index (χ1) is 28.4. The van der Waals surface area contributed by atoms with E-state index in [1.807, 2.05) is 0 Å². The number of hydrogen-bond acceptors (Lipinski definition) is 11. The van der Waals surface area contributed by atoms with E-state index in [2.05, 4.69) is 36.3 Å².